The standard InChI is InChI=1S/C15H27FIO2S/c1-11(16)17-15(2,20-3)9-12-8-14(12)19-13-6-4-5-7-18-10-13/h11-14H,4-10H2,1-3H3/q-1/t11?,12-,13-,14-,15?/m0/s1. The first-order valence-corrected chi connectivity index (χ1v) is 11.1. The van der Waals surface area contributed by atoms with Gasteiger partial charge >= 0.3 is 137 Å². The van der Waals surface area contributed by atoms with Crippen LogP contribution in [0.4, 0.5) is 4.39 Å². The Balaban J connectivity index is 1.73. The number of alkyl halides is 3. The molecule has 2 rings (SSSR count). The summed E-state index contributed by atoms with van der Waals surface area (Å²) >= 11 is 1.44. The molecule has 0 N–H and O–H groups in total. The fourth-order valence-corrected chi connectivity index (χ4v) is 7.48. The minimum atomic E-state index is -0.611. The molecule has 0 bridgehead atoms. The molecule has 0 spiro atoms. The summed E-state index contributed by atoms with van der Waals surface area (Å²) in [5.41, 5.74) is 0. The number of hydrogen-bond acceptors (Lipinski definition) is 3. The van der Waals surface area contributed by atoms with Crippen LogP contribution < -0.4 is 21.2 Å². The predicted octanol–water partition coefficient (Wildman–Crippen LogP) is 0.834. The number of hydrogen-bond donors (Lipinski definition) is 0. The summed E-state index contributed by atoms with van der Waals surface area (Å²) in [6.45, 7) is 5.60. The van der Waals surface area contributed by atoms with Crippen LogP contribution >= 0.6 is 11.8 Å². The van der Waals surface area contributed by atoms with Crippen molar-refractivity contribution in [2.75, 3.05) is 19.5 Å². The summed E-state index contributed by atoms with van der Waals surface area (Å²) in [5.74, 6) is 0.647. The van der Waals surface area contributed by atoms with Crippen molar-refractivity contribution in [1.82, 2.24) is 0 Å². The quantitative estimate of drug-likeness (QED) is 0.452. The SMILES string of the molecule is CSC(C)(C[C@@H]1C[C@@H]1O[C@H]1CCCCOC1)[I-]C(C)F. The second kappa shape index (κ2) is 7.97. The molecule has 1 saturated heterocycles. The maximum atomic E-state index is 13.4. The Morgan fingerprint density at radius 3 is 3.00 bits per heavy atom. The molecule has 0 aromatic carbocycles. The van der Waals surface area contributed by atoms with Crippen LogP contribution in [0, 0.1) is 5.92 Å². The zero-order valence-electron chi connectivity index (χ0n) is 12.7. The molecule has 2 fully saturated rings. The van der Waals surface area contributed by atoms with Crippen molar-refractivity contribution in [2.45, 2.75) is 65.1 Å². The van der Waals surface area contributed by atoms with E-state index >= 15 is 0 Å². The molecule has 5 heteroatoms. The van der Waals surface area contributed by atoms with Gasteiger partial charge in [0.15, 0.2) is 0 Å². The Bertz CT molecular complexity index is 298. The molecule has 1 aliphatic carbocycles. The van der Waals surface area contributed by atoms with E-state index in [0.717, 1.165) is 38.9 Å². The molecule has 1 aliphatic heterocycles. The Morgan fingerprint density at radius 1 is 1.50 bits per heavy atom. The van der Waals surface area contributed by atoms with Gasteiger partial charge in [-0.15, -0.1) is 0 Å². The number of halogens is 2. The topological polar surface area (TPSA) is 18.5 Å². The molecule has 1 heterocycles. The summed E-state index contributed by atoms with van der Waals surface area (Å²) in [4.78, 5) is 0. The van der Waals surface area contributed by atoms with E-state index in [0.29, 0.717) is 18.1 Å². The van der Waals surface area contributed by atoms with Crippen LogP contribution in [0.5, 0.6) is 0 Å². The van der Waals surface area contributed by atoms with Crippen molar-refractivity contribution in [3.63, 3.8) is 0 Å². The van der Waals surface area contributed by atoms with Gasteiger partial charge in [-0.05, 0) is 0 Å². The molecule has 2 unspecified atom stereocenters. The first-order chi connectivity index (χ1) is 9.52. The number of thioether (sulfide) groups is 1. The van der Waals surface area contributed by atoms with Gasteiger partial charge in [-0.3, -0.25) is 0 Å². The number of rotatable bonds is 7. The van der Waals surface area contributed by atoms with E-state index in [2.05, 4.69) is 13.2 Å². The van der Waals surface area contributed by atoms with Crippen molar-refractivity contribution >= 4 is 11.8 Å². The fourth-order valence-electron chi connectivity index (χ4n) is 2.79. The molecule has 20 heavy (non-hydrogen) atoms. The Morgan fingerprint density at radius 2 is 2.30 bits per heavy atom. The third-order valence-corrected chi connectivity index (χ3v) is 9.58. The van der Waals surface area contributed by atoms with E-state index in [9.17, 15) is 4.39 Å². The van der Waals surface area contributed by atoms with Crippen LogP contribution in [-0.2, 0) is 9.47 Å². The summed E-state index contributed by atoms with van der Waals surface area (Å²) < 4.78 is 24.7. The second-order valence-corrected chi connectivity index (χ2v) is 12.8. The first-order valence-electron chi connectivity index (χ1n) is 7.59. The molecule has 0 aromatic heterocycles. The Labute approximate surface area is 137 Å². The van der Waals surface area contributed by atoms with Gasteiger partial charge in [-0.2, -0.15) is 0 Å². The second-order valence-electron chi connectivity index (χ2n) is 6.00. The first kappa shape index (κ1) is 17.3. The van der Waals surface area contributed by atoms with Crippen LogP contribution in [0.3, 0.4) is 0 Å². The van der Waals surface area contributed by atoms with Gasteiger partial charge in [0.25, 0.3) is 0 Å². The third kappa shape index (κ3) is 5.61. The molecule has 0 aromatic rings. The van der Waals surface area contributed by atoms with Crippen molar-refractivity contribution in [3.05, 3.63) is 0 Å². The van der Waals surface area contributed by atoms with Crippen molar-refractivity contribution in [3.8, 4) is 0 Å². The monoisotopic (exact) mass is 417 g/mol. The molecule has 1 saturated carbocycles. The van der Waals surface area contributed by atoms with E-state index in [1.165, 1.54) is 6.42 Å². The van der Waals surface area contributed by atoms with Gasteiger partial charge in [-0.1, -0.05) is 0 Å². The third-order valence-electron chi connectivity index (χ3n) is 4.03. The average Bonchev–Trinajstić information content (AvgIpc) is 3.13. The van der Waals surface area contributed by atoms with Crippen LogP contribution in [0.15, 0.2) is 0 Å². The maximum absolute atomic E-state index is 13.4. The molecule has 2 nitrogen and oxygen atoms in total. The van der Waals surface area contributed by atoms with Crippen LogP contribution in [0.2, 0.25) is 0 Å². The normalized spacial score (nSPS) is 35.3. The van der Waals surface area contributed by atoms with Gasteiger partial charge in [0.05, 0.1) is 0 Å². The van der Waals surface area contributed by atoms with E-state index in [-0.39, 0.29) is 2.75 Å². The fraction of sp³-hybridized carbons (Fsp3) is 1.00. The van der Waals surface area contributed by atoms with Crippen molar-refractivity contribution in [1.29, 1.82) is 0 Å². The molecule has 120 valence electrons. The van der Waals surface area contributed by atoms with Crippen molar-refractivity contribution in [2.24, 2.45) is 5.92 Å². The van der Waals surface area contributed by atoms with Gasteiger partial charge in [-0.25, -0.2) is 0 Å². The van der Waals surface area contributed by atoms with E-state index in [4.69, 9.17) is 9.47 Å². The van der Waals surface area contributed by atoms with E-state index < -0.39 is 25.4 Å². The molecule has 0 radical (unpaired) electrons. The molecule has 2 aliphatic rings. The predicted molar refractivity (Wildman–Crippen MR) is 78.5 cm³/mol. The van der Waals surface area contributed by atoms with Crippen LogP contribution in [-0.4, -0.2) is 38.6 Å². The molecular formula is C15H27FIO2S-. The zero-order chi connectivity index (χ0) is 14.6. The average molecular weight is 417 g/mol. The molecular weight excluding hydrogens is 390 g/mol. The number of ether oxygens (including phenoxy) is 2. The minimum absolute atomic E-state index is 0.162. The summed E-state index contributed by atoms with van der Waals surface area (Å²) in [6, 6.07) is 0. The Hall–Kier alpha value is 0.930. The summed E-state index contributed by atoms with van der Waals surface area (Å²) in [7, 11) is 0. The van der Waals surface area contributed by atoms with Gasteiger partial charge in [0.1, 0.15) is 0 Å². The van der Waals surface area contributed by atoms with Gasteiger partial charge in [0.2, 0.25) is 0 Å². The van der Waals surface area contributed by atoms with E-state index in [1.807, 2.05) is 11.8 Å². The van der Waals surface area contributed by atoms with E-state index in [1.54, 1.807) is 6.92 Å². The molecule has 5 atom stereocenters. The summed E-state index contributed by atoms with van der Waals surface area (Å²) in [6.07, 6.45) is 8.63. The molecule has 0 amide bonds. The summed E-state index contributed by atoms with van der Waals surface area (Å²) in [5, 5.41) is 0. The van der Waals surface area contributed by atoms with Crippen molar-refractivity contribution < 1.29 is 35.1 Å². The van der Waals surface area contributed by atoms with Gasteiger partial charge in [0, 0.05) is 0 Å². The Kier molecular flexibility index (Phi) is 6.89. The van der Waals surface area contributed by atoms with Crippen LogP contribution in [0.1, 0.15) is 46.0 Å². The van der Waals surface area contributed by atoms with Gasteiger partial charge < -0.3 is 0 Å². The van der Waals surface area contributed by atoms with Crippen LogP contribution in [0.25, 0.3) is 0 Å². The zero-order valence-corrected chi connectivity index (χ0v) is 15.7.